The van der Waals surface area contributed by atoms with Crippen molar-refractivity contribution >= 4 is 0 Å². The lowest BCUT2D eigenvalue weighted by molar-refractivity contribution is 0.234. The Hall–Kier alpha value is -0.300. The highest BCUT2D eigenvalue weighted by Gasteiger charge is 2.11. The van der Waals surface area contributed by atoms with E-state index in [9.17, 15) is 0 Å². The van der Waals surface area contributed by atoms with Crippen LogP contribution in [0.1, 0.15) is 40.5 Å². The van der Waals surface area contributed by atoms with Crippen molar-refractivity contribution in [3.05, 3.63) is 12.2 Å². The lowest BCUT2D eigenvalue weighted by atomic mass is 10.1. The van der Waals surface area contributed by atoms with Crippen LogP contribution < -0.4 is 0 Å². The first-order valence-corrected chi connectivity index (χ1v) is 5.02. The SMILES string of the molecule is C=C(C)[C@@H](C)N(CCC)CCC. The van der Waals surface area contributed by atoms with Gasteiger partial charge < -0.3 is 0 Å². The molecule has 0 rings (SSSR count). The summed E-state index contributed by atoms with van der Waals surface area (Å²) in [5.74, 6) is 0. The molecule has 1 atom stereocenters. The minimum atomic E-state index is 0.546. The Morgan fingerprint density at radius 3 is 1.92 bits per heavy atom. The van der Waals surface area contributed by atoms with Gasteiger partial charge in [0.2, 0.25) is 0 Å². The quantitative estimate of drug-likeness (QED) is 0.552. The summed E-state index contributed by atoms with van der Waals surface area (Å²) < 4.78 is 0. The predicted molar refractivity (Wildman–Crippen MR) is 56.4 cm³/mol. The molecule has 0 amide bonds. The number of hydrogen-bond acceptors (Lipinski definition) is 1. The van der Waals surface area contributed by atoms with Crippen molar-refractivity contribution in [3.8, 4) is 0 Å². The lowest BCUT2D eigenvalue weighted by Gasteiger charge is -2.28. The monoisotopic (exact) mass is 169 g/mol. The molecule has 12 heavy (non-hydrogen) atoms. The van der Waals surface area contributed by atoms with Crippen molar-refractivity contribution in [3.63, 3.8) is 0 Å². The van der Waals surface area contributed by atoms with E-state index in [1.165, 1.54) is 31.5 Å². The van der Waals surface area contributed by atoms with E-state index in [-0.39, 0.29) is 0 Å². The molecule has 1 heteroatoms. The van der Waals surface area contributed by atoms with Crippen LogP contribution >= 0.6 is 0 Å². The van der Waals surface area contributed by atoms with Crippen molar-refractivity contribution in [2.45, 2.75) is 46.6 Å². The summed E-state index contributed by atoms with van der Waals surface area (Å²) in [7, 11) is 0. The van der Waals surface area contributed by atoms with Crippen molar-refractivity contribution in [1.29, 1.82) is 0 Å². The van der Waals surface area contributed by atoms with Crippen LogP contribution in [0.5, 0.6) is 0 Å². The molecule has 0 aliphatic rings. The molecule has 0 aromatic carbocycles. The van der Waals surface area contributed by atoms with Crippen molar-refractivity contribution in [1.82, 2.24) is 4.90 Å². The fourth-order valence-corrected chi connectivity index (χ4v) is 1.39. The van der Waals surface area contributed by atoms with Crippen LogP contribution in [0.25, 0.3) is 0 Å². The number of hydrogen-bond donors (Lipinski definition) is 0. The van der Waals surface area contributed by atoms with Crippen LogP contribution in [-0.4, -0.2) is 24.0 Å². The summed E-state index contributed by atoms with van der Waals surface area (Å²) >= 11 is 0. The zero-order chi connectivity index (χ0) is 9.56. The van der Waals surface area contributed by atoms with E-state index in [0.29, 0.717) is 6.04 Å². The topological polar surface area (TPSA) is 3.24 Å². The Bertz CT molecular complexity index is 123. The maximum absolute atomic E-state index is 4.00. The van der Waals surface area contributed by atoms with Gasteiger partial charge in [0, 0.05) is 6.04 Å². The van der Waals surface area contributed by atoms with Crippen molar-refractivity contribution < 1.29 is 0 Å². The van der Waals surface area contributed by atoms with Crippen molar-refractivity contribution in [2.75, 3.05) is 13.1 Å². The molecule has 0 spiro atoms. The fourth-order valence-electron chi connectivity index (χ4n) is 1.39. The van der Waals surface area contributed by atoms with E-state index in [1.807, 2.05) is 0 Å². The number of nitrogens with zero attached hydrogens (tertiary/aromatic N) is 1. The molecule has 0 unspecified atom stereocenters. The Morgan fingerprint density at radius 1 is 1.25 bits per heavy atom. The van der Waals surface area contributed by atoms with Crippen molar-refractivity contribution in [2.24, 2.45) is 0 Å². The summed E-state index contributed by atoms with van der Waals surface area (Å²) in [6, 6.07) is 0.546. The highest BCUT2D eigenvalue weighted by molar-refractivity contribution is 4.99. The molecule has 0 aromatic heterocycles. The first kappa shape index (κ1) is 11.7. The van der Waals surface area contributed by atoms with Crippen LogP contribution in [-0.2, 0) is 0 Å². The summed E-state index contributed by atoms with van der Waals surface area (Å²) in [6.07, 6.45) is 2.47. The second kappa shape index (κ2) is 6.24. The van der Waals surface area contributed by atoms with Gasteiger partial charge in [0.1, 0.15) is 0 Å². The molecule has 0 N–H and O–H groups in total. The fraction of sp³-hybridized carbons (Fsp3) is 0.818. The van der Waals surface area contributed by atoms with Crippen LogP contribution in [0.3, 0.4) is 0 Å². The maximum atomic E-state index is 4.00. The molecular weight excluding hydrogens is 146 g/mol. The Kier molecular flexibility index (Phi) is 6.09. The van der Waals surface area contributed by atoms with Gasteiger partial charge in [-0.1, -0.05) is 26.0 Å². The molecule has 0 fully saturated rings. The molecule has 0 aromatic rings. The largest absolute Gasteiger partial charge is 0.297 e. The predicted octanol–water partition coefficient (Wildman–Crippen LogP) is 3.07. The van der Waals surface area contributed by atoms with Gasteiger partial charge >= 0.3 is 0 Å². The molecule has 0 heterocycles. The molecule has 0 saturated carbocycles. The molecule has 0 saturated heterocycles. The molecule has 0 radical (unpaired) electrons. The zero-order valence-electron chi connectivity index (χ0n) is 9.06. The minimum Gasteiger partial charge on any atom is -0.297 e. The van der Waals surface area contributed by atoms with E-state index in [0.717, 1.165) is 0 Å². The highest BCUT2D eigenvalue weighted by atomic mass is 15.1. The molecule has 72 valence electrons. The van der Waals surface area contributed by atoms with Gasteiger partial charge in [-0.05, 0) is 39.8 Å². The first-order valence-electron chi connectivity index (χ1n) is 5.02. The molecular formula is C11H23N. The van der Waals surface area contributed by atoms with Gasteiger partial charge in [-0.15, -0.1) is 0 Å². The summed E-state index contributed by atoms with van der Waals surface area (Å²) in [4.78, 5) is 2.50. The number of rotatable bonds is 6. The third-order valence-electron chi connectivity index (χ3n) is 2.28. The van der Waals surface area contributed by atoms with Crippen LogP contribution in [0.2, 0.25) is 0 Å². The van der Waals surface area contributed by atoms with E-state index < -0.39 is 0 Å². The van der Waals surface area contributed by atoms with Gasteiger partial charge in [0.15, 0.2) is 0 Å². The van der Waals surface area contributed by atoms with Crippen LogP contribution in [0.15, 0.2) is 12.2 Å². The van der Waals surface area contributed by atoms with Gasteiger partial charge in [-0.2, -0.15) is 0 Å². The highest BCUT2D eigenvalue weighted by Crippen LogP contribution is 2.08. The zero-order valence-corrected chi connectivity index (χ0v) is 9.06. The Labute approximate surface area is 77.5 Å². The molecule has 0 aliphatic carbocycles. The second-order valence-electron chi connectivity index (χ2n) is 3.56. The second-order valence-corrected chi connectivity index (χ2v) is 3.56. The van der Waals surface area contributed by atoms with Crippen LogP contribution in [0.4, 0.5) is 0 Å². The van der Waals surface area contributed by atoms with E-state index >= 15 is 0 Å². The summed E-state index contributed by atoms with van der Waals surface area (Å²) in [5.41, 5.74) is 1.27. The van der Waals surface area contributed by atoms with Gasteiger partial charge in [0.05, 0.1) is 0 Å². The summed E-state index contributed by atoms with van der Waals surface area (Å²) in [6.45, 7) is 15.2. The molecule has 0 bridgehead atoms. The maximum Gasteiger partial charge on any atom is 0.0273 e. The molecule has 1 nitrogen and oxygen atoms in total. The van der Waals surface area contributed by atoms with Gasteiger partial charge in [-0.3, -0.25) is 4.90 Å². The Balaban J connectivity index is 3.98. The van der Waals surface area contributed by atoms with Gasteiger partial charge in [-0.25, -0.2) is 0 Å². The van der Waals surface area contributed by atoms with E-state index in [1.54, 1.807) is 0 Å². The van der Waals surface area contributed by atoms with E-state index in [4.69, 9.17) is 0 Å². The van der Waals surface area contributed by atoms with E-state index in [2.05, 4.69) is 39.2 Å². The third-order valence-corrected chi connectivity index (χ3v) is 2.28. The third kappa shape index (κ3) is 3.91. The van der Waals surface area contributed by atoms with Crippen LogP contribution in [0, 0.1) is 0 Å². The average Bonchev–Trinajstić information content (AvgIpc) is 2.03. The summed E-state index contributed by atoms with van der Waals surface area (Å²) in [5, 5.41) is 0. The molecule has 0 aliphatic heterocycles. The lowest BCUT2D eigenvalue weighted by Crippen LogP contribution is -2.34. The van der Waals surface area contributed by atoms with Gasteiger partial charge in [0.25, 0.3) is 0 Å². The standard InChI is InChI=1S/C11H23N/c1-6-8-12(9-7-2)11(5)10(3)4/h11H,3,6-9H2,1-2,4-5H3/t11-/m1/s1. The minimum absolute atomic E-state index is 0.546. The average molecular weight is 169 g/mol. The smallest absolute Gasteiger partial charge is 0.0273 e. The Morgan fingerprint density at radius 2 is 1.67 bits per heavy atom. The first-order chi connectivity index (χ1) is 5.63. The normalized spacial score (nSPS) is 13.4.